The van der Waals surface area contributed by atoms with Gasteiger partial charge in [-0.15, -0.1) is 6.58 Å². The van der Waals surface area contributed by atoms with E-state index in [2.05, 4.69) is 50.6 Å². The number of likely N-dealkylation sites (N-methyl/N-ethyl adjacent to an activating group) is 1. The molecule has 1 aromatic carbocycles. The summed E-state index contributed by atoms with van der Waals surface area (Å²) in [5.74, 6) is 0.684. The van der Waals surface area contributed by atoms with E-state index >= 15 is 0 Å². The third-order valence-corrected chi connectivity index (χ3v) is 6.24. The Morgan fingerprint density at radius 3 is 2.95 bits per heavy atom. The fourth-order valence-corrected chi connectivity index (χ4v) is 4.91. The molecule has 0 aromatic heterocycles. The molecule has 1 aliphatic heterocycles. The second-order valence-electron chi connectivity index (χ2n) is 7.09. The van der Waals surface area contributed by atoms with Crippen LogP contribution in [0.25, 0.3) is 0 Å². The summed E-state index contributed by atoms with van der Waals surface area (Å²) in [6.07, 6.45) is 6.79. The van der Waals surface area contributed by atoms with Crippen LogP contribution in [-0.2, 0) is 11.8 Å². The molecule has 3 atom stereocenters. The van der Waals surface area contributed by atoms with Gasteiger partial charge in [-0.25, -0.2) is 0 Å². The lowest BCUT2D eigenvalue weighted by molar-refractivity contribution is 0.0361. The number of hydrogen-bond donors (Lipinski definition) is 1. The van der Waals surface area contributed by atoms with Crippen molar-refractivity contribution in [1.29, 1.82) is 0 Å². The molecule has 0 spiro atoms. The molecule has 2 bridgehead atoms. The molecule has 0 radical (unpaired) electrons. The molecule has 3 rings (SSSR count). The highest BCUT2D eigenvalue weighted by Gasteiger charge is 2.50. The Bertz CT molecular complexity index is 563. The molecule has 114 valence electrons. The summed E-state index contributed by atoms with van der Waals surface area (Å²) in [6.45, 7) is 9.81. The molecule has 0 amide bonds. The molecular weight excluding hydrogens is 256 g/mol. The largest absolute Gasteiger partial charge is 0.399 e. The van der Waals surface area contributed by atoms with Gasteiger partial charge in [0.25, 0.3) is 0 Å². The first-order valence-corrected chi connectivity index (χ1v) is 8.21. The number of benzene rings is 1. The number of nitrogen functional groups attached to an aromatic ring is 1. The Kier molecular flexibility index (Phi) is 3.61. The van der Waals surface area contributed by atoms with Crippen LogP contribution in [0.1, 0.15) is 42.9 Å². The van der Waals surface area contributed by atoms with Gasteiger partial charge in [0.2, 0.25) is 0 Å². The van der Waals surface area contributed by atoms with Crippen molar-refractivity contribution in [3.8, 4) is 0 Å². The monoisotopic (exact) mass is 284 g/mol. The van der Waals surface area contributed by atoms with Gasteiger partial charge < -0.3 is 10.6 Å². The first kappa shape index (κ1) is 14.6. The van der Waals surface area contributed by atoms with Gasteiger partial charge in [-0.2, -0.15) is 0 Å². The van der Waals surface area contributed by atoms with Gasteiger partial charge in [0, 0.05) is 17.1 Å². The van der Waals surface area contributed by atoms with E-state index in [0.717, 1.165) is 12.1 Å². The summed E-state index contributed by atoms with van der Waals surface area (Å²) in [6, 6.07) is 5.04. The van der Waals surface area contributed by atoms with Gasteiger partial charge in [0.1, 0.15) is 0 Å². The van der Waals surface area contributed by atoms with E-state index in [9.17, 15) is 0 Å². The van der Waals surface area contributed by atoms with Gasteiger partial charge in [-0.3, -0.25) is 0 Å². The maximum Gasteiger partial charge on any atom is 0.0346 e. The molecule has 1 heterocycles. The van der Waals surface area contributed by atoms with Crippen LogP contribution in [-0.4, -0.2) is 24.5 Å². The summed E-state index contributed by atoms with van der Waals surface area (Å²) < 4.78 is 0. The zero-order chi connectivity index (χ0) is 15.2. The minimum absolute atomic E-state index is 0.290. The van der Waals surface area contributed by atoms with Crippen LogP contribution in [0.5, 0.6) is 0 Å². The Labute approximate surface area is 129 Å². The molecule has 1 aliphatic carbocycles. The fourth-order valence-electron chi connectivity index (χ4n) is 4.91. The molecule has 2 N–H and O–H groups in total. The van der Waals surface area contributed by atoms with Crippen molar-refractivity contribution < 1.29 is 0 Å². The highest BCUT2D eigenvalue weighted by Crippen LogP contribution is 2.52. The van der Waals surface area contributed by atoms with Crippen LogP contribution in [0, 0.1) is 12.8 Å². The van der Waals surface area contributed by atoms with Crippen molar-refractivity contribution in [3.05, 3.63) is 41.5 Å². The maximum atomic E-state index is 6.24. The first-order chi connectivity index (χ1) is 10.0. The van der Waals surface area contributed by atoms with Crippen LogP contribution in [0.2, 0.25) is 0 Å². The maximum absolute atomic E-state index is 6.24. The number of anilines is 1. The van der Waals surface area contributed by atoms with Gasteiger partial charge in [0.15, 0.2) is 0 Å². The smallest absolute Gasteiger partial charge is 0.0346 e. The van der Waals surface area contributed by atoms with E-state index < -0.39 is 0 Å². The minimum atomic E-state index is 0.290. The molecule has 3 unspecified atom stereocenters. The van der Waals surface area contributed by atoms with Gasteiger partial charge in [-0.1, -0.05) is 19.1 Å². The lowest BCUT2D eigenvalue weighted by Gasteiger charge is -2.56. The zero-order valence-corrected chi connectivity index (χ0v) is 13.7. The SMILES string of the molecule is C=CCCC12CCN(C)C(Cc3ccc(N)c(C)c31)C2C. The van der Waals surface area contributed by atoms with E-state index in [-0.39, 0.29) is 0 Å². The Morgan fingerprint density at radius 1 is 1.48 bits per heavy atom. The Hall–Kier alpha value is -1.28. The van der Waals surface area contributed by atoms with Crippen molar-refractivity contribution in [2.75, 3.05) is 19.3 Å². The van der Waals surface area contributed by atoms with E-state index in [1.54, 1.807) is 5.56 Å². The average molecular weight is 284 g/mol. The highest BCUT2D eigenvalue weighted by molar-refractivity contribution is 5.57. The van der Waals surface area contributed by atoms with Crippen molar-refractivity contribution in [2.45, 2.75) is 51.0 Å². The molecule has 2 nitrogen and oxygen atoms in total. The van der Waals surface area contributed by atoms with Crippen LogP contribution in [0.3, 0.4) is 0 Å². The number of allylic oxidation sites excluding steroid dienone is 1. The molecule has 2 heteroatoms. The Balaban J connectivity index is 2.19. The zero-order valence-electron chi connectivity index (χ0n) is 13.7. The number of hydrogen-bond acceptors (Lipinski definition) is 2. The van der Waals surface area contributed by atoms with Crippen LogP contribution < -0.4 is 5.73 Å². The lowest BCUT2D eigenvalue weighted by atomic mass is 9.55. The average Bonchev–Trinajstić information content (AvgIpc) is 2.47. The summed E-state index contributed by atoms with van der Waals surface area (Å²) in [5, 5.41) is 0. The molecular formula is C19H28N2. The summed E-state index contributed by atoms with van der Waals surface area (Å²) in [4.78, 5) is 2.56. The number of rotatable bonds is 3. The lowest BCUT2D eigenvalue weighted by Crippen LogP contribution is -2.58. The second-order valence-corrected chi connectivity index (χ2v) is 7.09. The molecule has 1 saturated heterocycles. The number of fused-ring (bicyclic) bond motifs is 4. The number of piperidine rings is 1. The van der Waals surface area contributed by atoms with Crippen molar-refractivity contribution in [2.24, 2.45) is 5.92 Å². The summed E-state index contributed by atoms with van der Waals surface area (Å²) in [5.41, 5.74) is 11.9. The number of nitrogens with zero attached hydrogens (tertiary/aromatic N) is 1. The Morgan fingerprint density at radius 2 is 2.24 bits per heavy atom. The van der Waals surface area contributed by atoms with Gasteiger partial charge in [-0.05, 0) is 74.9 Å². The normalized spacial score (nSPS) is 31.8. The number of likely N-dealkylation sites (tertiary alicyclic amines) is 1. The van der Waals surface area contributed by atoms with E-state index in [4.69, 9.17) is 5.73 Å². The molecule has 1 aromatic rings. The molecule has 1 fully saturated rings. The van der Waals surface area contributed by atoms with Crippen molar-refractivity contribution in [3.63, 3.8) is 0 Å². The molecule has 21 heavy (non-hydrogen) atoms. The van der Waals surface area contributed by atoms with Gasteiger partial charge >= 0.3 is 0 Å². The van der Waals surface area contributed by atoms with Crippen LogP contribution >= 0.6 is 0 Å². The highest BCUT2D eigenvalue weighted by atomic mass is 15.1. The third-order valence-electron chi connectivity index (χ3n) is 6.24. The van der Waals surface area contributed by atoms with E-state index in [1.807, 2.05) is 0 Å². The van der Waals surface area contributed by atoms with Crippen molar-refractivity contribution >= 4 is 5.69 Å². The topological polar surface area (TPSA) is 29.3 Å². The van der Waals surface area contributed by atoms with Crippen molar-refractivity contribution in [1.82, 2.24) is 4.90 Å². The quantitative estimate of drug-likeness (QED) is 0.678. The van der Waals surface area contributed by atoms with Crippen LogP contribution in [0.15, 0.2) is 24.8 Å². The predicted molar refractivity (Wildman–Crippen MR) is 90.6 cm³/mol. The first-order valence-electron chi connectivity index (χ1n) is 8.21. The van der Waals surface area contributed by atoms with E-state index in [1.165, 1.54) is 36.9 Å². The summed E-state index contributed by atoms with van der Waals surface area (Å²) >= 11 is 0. The molecule has 0 saturated carbocycles. The standard InChI is InChI=1S/C19H28N2/c1-5-6-9-19-10-11-21(4)17(14(19)3)12-15-7-8-16(20)13(2)18(15)19/h5,7-8,14,17H,1,6,9-12,20H2,2-4H3. The molecule has 2 aliphatic rings. The fraction of sp³-hybridized carbons (Fsp3) is 0.579. The number of nitrogens with two attached hydrogens (primary N) is 1. The van der Waals surface area contributed by atoms with E-state index in [0.29, 0.717) is 17.4 Å². The third kappa shape index (κ3) is 2.03. The second kappa shape index (κ2) is 5.17. The van der Waals surface area contributed by atoms with Gasteiger partial charge in [0.05, 0.1) is 0 Å². The minimum Gasteiger partial charge on any atom is -0.399 e. The van der Waals surface area contributed by atoms with Crippen LogP contribution in [0.4, 0.5) is 5.69 Å². The summed E-state index contributed by atoms with van der Waals surface area (Å²) in [7, 11) is 2.29. The predicted octanol–water partition coefficient (Wildman–Crippen LogP) is 3.68.